The number of amides is 1. The molecule has 0 atom stereocenters. The number of thiazole rings is 1. The minimum Gasteiger partial charge on any atom is -0.477 e. The molecule has 0 radical (unpaired) electrons. The lowest BCUT2D eigenvalue weighted by Gasteiger charge is -2.06. The highest BCUT2D eigenvalue weighted by Crippen LogP contribution is 2.38. The van der Waals surface area contributed by atoms with Crippen LogP contribution >= 0.6 is 11.3 Å². The van der Waals surface area contributed by atoms with Gasteiger partial charge in [0.15, 0.2) is 5.82 Å². The highest BCUT2D eigenvalue weighted by atomic mass is 32.1. The second-order valence-electron chi connectivity index (χ2n) is 6.04. The first-order valence-corrected chi connectivity index (χ1v) is 9.65. The quantitative estimate of drug-likeness (QED) is 0.634. The SMILES string of the molecule is CCOc1nc(-c2ccnc(NC(=O)CC3=CC=CC3)c2)sc1-c1nnc[nH]1. The van der Waals surface area contributed by atoms with E-state index in [1.165, 1.54) is 17.7 Å². The number of hydrogen-bond donors (Lipinski definition) is 2. The Hall–Kier alpha value is -3.33. The Morgan fingerprint density at radius 2 is 2.36 bits per heavy atom. The molecule has 28 heavy (non-hydrogen) atoms. The van der Waals surface area contributed by atoms with Crippen LogP contribution in [0.5, 0.6) is 5.88 Å². The summed E-state index contributed by atoms with van der Waals surface area (Å²) in [5, 5.41) is 11.5. The van der Waals surface area contributed by atoms with E-state index in [0.717, 1.165) is 27.4 Å². The zero-order chi connectivity index (χ0) is 19.3. The van der Waals surface area contributed by atoms with E-state index >= 15 is 0 Å². The standard InChI is InChI=1S/C19H18N6O2S/c1-2-27-18-16(17-21-11-22-25-17)28-19(24-18)13-7-8-20-14(10-13)23-15(26)9-12-5-3-4-6-12/h3-5,7-8,10-11H,2,6,9H2,1H3,(H,20,23,26)(H,21,22,25). The van der Waals surface area contributed by atoms with Crippen molar-refractivity contribution in [3.63, 3.8) is 0 Å². The molecule has 142 valence electrons. The molecule has 3 aromatic heterocycles. The van der Waals surface area contributed by atoms with E-state index < -0.39 is 0 Å². The molecule has 1 aliphatic carbocycles. The number of rotatable bonds is 7. The molecule has 1 amide bonds. The van der Waals surface area contributed by atoms with Crippen LogP contribution in [0.25, 0.3) is 21.3 Å². The number of hydrogen-bond acceptors (Lipinski definition) is 7. The van der Waals surface area contributed by atoms with Crippen LogP contribution in [0.4, 0.5) is 5.82 Å². The van der Waals surface area contributed by atoms with Crippen molar-refractivity contribution in [3.8, 4) is 27.2 Å². The average molecular weight is 394 g/mol. The molecule has 0 saturated carbocycles. The zero-order valence-corrected chi connectivity index (χ0v) is 16.0. The molecule has 0 unspecified atom stereocenters. The first kappa shape index (κ1) is 18.1. The molecule has 0 bridgehead atoms. The number of carbonyl (C=O) groups excluding carboxylic acids is 1. The topological polar surface area (TPSA) is 106 Å². The van der Waals surface area contributed by atoms with Gasteiger partial charge in [-0.15, -0.1) is 21.5 Å². The van der Waals surface area contributed by atoms with E-state index in [9.17, 15) is 4.79 Å². The lowest BCUT2D eigenvalue weighted by Crippen LogP contribution is -2.12. The molecule has 0 spiro atoms. The molecule has 0 fully saturated rings. The van der Waals surface area contributed by atoms with Gasteiger partial charge >= 0.3 is 0 Å². The van der Waals surface area contributed by atoms with Crippen molar-refractivity contribution in [2.24, 2.45) is 0 Å². The number of carbonyl (C=O) groups is 1. The van der Waals surface area contributed by atoms with Crippen molar-refractivity contribution in [1.82, 2.24) is 25.1 Å². The van der Waals surface area contributed by atoms with Crippen LogP contribution in [-0.2, 0) is 4.79 Å². The summed E-state index contributed by atoms with van der Waals surface area (Å²) < 4.78 is 5.65. The van der Waals surface area contributed by atoms with Crippen LogP contribution in [0.15, 0.2) is 48.5 Å². The van der Waals surface area contributed by atoms with E-state index in [0.29, 0.717) is 30.5 Å². The van der Waals surface area contributed by atoms with E-state index in [2.05, 4.69) is 30.5 Å². The smallest absolute Gasteiger partial charge is 0.236 e. The van der Waals surface area contributed by atoms with Crippen molar-refractivity contribution in [3.05, 3.63) is 48.5 Å². The Morgan fingerprint density at radius 1 is 1.43 bits per heavy atom. The lowest BCUT2D eigenvalue weighted by atomic mass is 10.1. The maximum Gasteiger partial charge on any atom is 0.236 e. The van der Waals surface area contributed by atoms with Crippen molar-refractivity contribution in [2.75, 3.05) is 11.9 Å². The van der Waals surface area contributed by atoms with Gasteiger partial charge in [-0.25, -0.2) is 9.97 Å². The molecule has 3 aromatic rings. The van der Waals surface area contributed by atoms with Crippen LogP contribution in [0.3, 0.4) is 0 Å². The highest BCUT2D eigenvalue weighted by molar-refractivity contribution is 7.18. The van der Waals surface area contributed by atoms with E-state index in [1.54, 1.807) is 12.3 Å². The summed E-state index contributed by atoms with van der Waals surface area (Å²) in [4.78, 5) is 24.8. The second kappa shape index (κ2) is 8.13. The minimum atomic E-state index is -0.0870. The normalized spacial score (nSPS) is 12.8. The predicted molar refractivity (Wildman–Crippen MR) is 107 cm³/mol. The van der Waals surface area contributed by atoms with Gasteiger partial charge in [-0.05, 0) is 25.5 Å². The molecule has 2 N–H and O–H groups in total. The third-order valence-corrected chi connectivity index (χ3v) is 5.11. The third-order valence-electron chi connectivity index (χ3n) is 4.02. The zero-order valence-electron chi connectivity index (χ0n) is 15.2. The number of allylic oxidation sites excluding steroid dienone is 3. The fourth-order valence-electron chi connectivity index (χ4n) is 2.78. The summed E-state index contributed by atoms with van der Waals surface area (Å²) in [5.41, 5.74) is 1.93. The van der Waals surface area contributed by atoms with Gasteiger partial charge in [0, 0.05) is 18.2 Å². The summed E-state index contributed by atoms with van der Waals surface area (Å²) >= 11 is 1.44. The van der Waals surface area contributed by atoms with Crippen molar-refractivity contribution < 1.29 is 9.53 Å². The maximum atomic E-state index is 12.2. The van der Waals surface area contributed by atoms with Crippen LogP contribution in [0.1, 0.15) is 19.8 Å². The van der Waals surface area contributed by atoms with Gasteiger partial charge in [0.05, 0.1) is 6.61 Å². The monoisotopic (exact) mass is 394 g/mol. The van der Waals surface area contributed by atoms with Crippen molar-refractivity contribution >= 4 is 23.1 Å². The Labute approximate surface area is 165 Å². The number of nitrogens with one attached hydrogen (secondary N) is 2. The van der Waals surface area contributed by atoms with Crippen LogP contribution in [0, 0.1) is 0 Å². The summed E-state index contributed by atoms with van der Waals surface area (Å²) in [6, 6.07) is 3.65. The largest absolute Gasteiger partial charge is 0.477 e. The second-order valence-corrected chi connectivity index (χ2v) is 7.03. The van der Waals surface area contributed by atoms with Crippen LogP contribution in [0.2, 0.25) is 0 Å². The van der Waals surface area contributed by atoms with Crippen molar-refractivity contribution in [2.45, 2.75) is 19.8 Å². The van der Waals surface area contributed by atoms with E-state index in [-0.39, 0.29) is 5.91 Å². The highest BCUT2D eigenvalue weighted by Gasteiger charge is 2.18. The Balaban J connectivity index is 1.55. The number of nitrogens with zero attached hydrogens (tertiary/aromatic N) is 4. The fraction of sp³-hybridized carbons (Fsp3) is 0.211. The van der Waals surface area contributed by atoms with Crippen LogP contribution < -0.4 is 10.1 Å². The number of ether oxygens (including phenoxy) is 1. The van der Waals surface area contributed by atoms with E-state index in [4.69, 9.17) is 4.74 Å². The molecule has 1 aliphatic rings. The van der Waals surface area contributed by atoms with Gasteiger partial charge in [-0.3, -0.25) is 4.79 Å². The average Bonchev–Trinajstić information content (AvgIpc) is 3.44. The van der Waals surface area contributed by atoms with Gasteiger partial charge in [-0.1, -0.05) is 23.8 Å². The summed E-state index contributed by atoms with van der Waals surface area (Å²) in [5.74, 6) is 1.51. The summed E-state index contributed by atoms with van der Waals surface area (Å²) in [6.07, 6.45) is 10.3. The predicted octanol–water partition coefficient (Wildman–Crippen LogP) is 3.60. The molecule has 9 heteroatoms. The first-order valence-electron chi connectivity index (χ1n) is 8.84. The fourth-order valence-corrected chi connectivity index (χ4v) is 3.73. The number of pyridine rings is 1. The molecule has 8 nitrogen and oxygen atoms in total. The van der Waals surface area contributed by atoms with Gasteiger partial charge in [0.1, 0.15) is 22.0 Å². The molecule has 0 aromatic carbocycles. The number of anilines is 1. The molecular weight excluding hydrogens is 376 g/mol. The Kier molecular flexibility index (Phi) is 5.24. The summed E-state index contributed by atoms with van der Waals surface area (Å²) in [6.45, 7) is 2.39. The van der Waals surface area contributed by atoms with Gasteiger partial charge in [-0.2, -0.15) is 0 Å². The lowest BCUT2D eigenvalue weighted by molar-refractivity contribution is -0.115. The minimum absolute atomic E-state index is 0.0870. The number of H-pyrrole nitrogens is 1. The molecule has 0 saturated heterocycles. The van der Waals surface area contributed by atoms with Crippen LogP contribution in [-0.4, -0.2) is 37.7 Å². The molecular formula is C19H18N6O2S. The van der Waals surface area contributed by atoms with Gasteiger partial charge in [0.2, 0.25) is 11.8 Å². The van der Waals surface area contributed by atoms with Crippen molar-refractivity contribution in [1.29, 1.82) is 0 Å². The Morgan fingerprint density at radius 3 is 3.11 bits per heavy atom. The maximum absolute atomic E-state index is 12.2. The molecule has 3 heterocycles. The van der Waals surface area contributed by atoms with Gasteiger partial charge < -0.3 is 15.0 Å². The number of aromatic amines is 1. The first-order chi connectivity index (χ1) is 13.7. The molecule has 4 rings (SSSR count). The summed E-state index contributed by atoms with van der Waals surface area (Å²) in [7, 11) is 0. The van der Waals surface area contributed by atoms with E-state index in [1.807, 2.05) is 31.2 Å². The molecule has 0 aliphatic heterocycles. The number of aromatic nitrogens is 5. The van der Waals surface area contributed by atoms with Gasteiger partial charge in [0.25, 0.3) is 0 Å². The Bertz CT molecular complexity index is 1040. The third kappa shape index (κ3) is 3.99.